The molecular formula is C32H41N5O6. The van der Waals surface area contributed by atoms with E-state index in [1.54, 1.807) is 35.8 Å². The lowest BCUT2D eigenvalue weighted by molar-refractivity contribution is -0.151. The van der Waals surface area contributed by atoms with E-state index in [1.165, 1.54) is 9.47 Å². The van der Waals surface area contributed by atoms with E-state index in [0.717, 1.165) is 11.3 Å². The van der Waals surface area contributed by atoms with Crippen molar-refractivity contribution in [2.45, 2.75) is 71.2 Å². The average Bonchev–Trinajstić information content (AvgIpc) is 3.19. The molecule has 11 heteroatoms. The average molecular weight is 592 g/mol. The van der Waals surface area contributed by atoms with Crippen LogP contribution in [-0.2, 0) is 27.9 Å². The van der Waals surface area contributed by atoms with Crippen LogP contribution >= 0.6 is 0 Å². The van der Waals surface area contributed by atoms with Crippen molar-refractivity contribution in [3.05, 3.63) is 58.5 Å². The molecule has 3 aromatic rings. The van der Waals surface area contributed by atoms with Gasteiger partial charge in [0.25, 0.3) is 5.91 Å². The first-order valence-corrected chi connectivity index (χ1v) is 14.6. The van der Waals surface area contributed by atoms with Crippen LogP contribution in [0.3, 0.4) is 0 Å². The van der Waals surface area contributed by atoms with Crippen molar-refractivity contribution in [1.82, 2.24) is 18.9 Å². The summed E-state index contributed by atoms with van der Waals surface area (Å²) in [5.74, 6) is 0.0426. The number of benzene rings is 2. The summed E-state index contributed by atoms with van der Waals surface area (Å²) in [6.07, 6.45) is 0.0656. The number of fused-ring (bicyclic) bond motifs is 1. The molecule has 2 aromatic carbocycles. The summed E-state index contributed by atoms with van der Waals surface area (Å²) in [7, 11) is 3.29. The Balaban J connectivity index is 1.45. The molecular weight excluding hydrogens is 550 g/mol. The van der Waals surface area contributed by atoms with Crippen LogP contribution in [0, 0.1) is 0 Å². The second-order valence-corrected chi connectivity index (χ2v) is 12.9. The van der Waals surface area contributed by atoms with Crippen LogP contribution in [0.15, 0.2) is 47.3 Å². The molecule has 1 aromatic heterocycles. The predicted molar refractivity (Wildman–Crippen MR) is 163 cm³/mol. The van der Waals surface area contributed by atoms with Gasteiger partial charge in [-0.2, -0.15) is 0 Å². The minimum Gasteiger partial charge on any atom is -0.497 e. The smallest absolute Gasteiger partial charge is 0.410 e. The van der Waals surface area contributed by atoms with Gasteiger partial charge < -0.3 is 14.4 Å². The maximum absolute atomic E-state index is 13.8. The number of hydrogen-bond acceptors (Lipinski definition) is 7. The zero-order chi connectivity index (χ0) is 31.3. The summed E-state index contributed by atoms with van der Waals surface area (Å²) >= 11 is 0. The minimum atomic E-state index is -0.803. The number of amides is 3. The van der Waals surface area contributed by atoms with Gasteiger partial charge in [-0.05, 0) is 70.9 Å². The van der Waals surface area contributed by atoms with E-state index in [9.17, 15) is 19.2 Å². The third-order valence-corrected chi connectivity index (χ3v) is 8.23. The first-order valence-electron chi connectivity index (χ1n) is 14.6. The van der Waals surface area contributed by atoms with Gasteiger partial charge in [0.05, 0.1) is 35.9 Å². The maximum Gasteiger partial charge on any atom is 0.410 e. The molecule has 1 atom stereocenters. The Hall–Kier alpha value is -4.28. The largest absolute Gasteiger partial charge is 0.497 e. The molecule has 5 rings (SSSR count). The van der Waals surface area contributed by atoms with E-state index < -0.39 is 17.2 Å². The Morgan fingerprint density at radius 2 is 1.72 bits per heavy atom. The number of methoxy groups -OCH3 is 1. The highest BCUT2D eigenvalue weighted by molar-refractivity contribution is 6.00. The Morgan fingerprint density at radius 1 is 1.02 bits per heavy atom. The van der Waals surface area contributed by atoms with Gasteiger partial charge in [-0.1, -0.05) is 18.2 Å². The molecule has 11 nitrogen and oxygen atoms in total. The maximum atomic E-state index is 13.8. The molecule has 2 fully saturated rings. The first-order chi connectivity index (χ1) is 20.2. The summed E-state index contributed by atoms with van der Waals surface area (Å²) < 4.78 is 14.0. The highest BCUT2D eigenvalue weighted by Crippen LogP contribution is 2.34. The number of aromatic nitrogens is 2. The van der Waals surface area contributed by atoms with Crippen molar-refractivity contribution in [3.63, 3.8) is 0 Å². The summed E-state index contributed by atoms with van der Waals surface area (Å²) in [4.78, 5) is 58.6. The molecule has 1 unspecified atom stereocenters. The first kappa shape index (κ1) is 30.2. The van der Waals surface area contributed by atoms with Crippen molar-refractivity contribution < 1.29 is 23.9 Å². The fourth-order valence-electron chi connectivity index (χ4n) is 6.13. The van der Waals surface area contributed by atoms with Gasteiger partial charge in [0.15, 0.2) is 0 Å². The molecule has 0 radical (unpaired) electrons. The molecule has 2 aliphatic rings. The van der Waals surface area contributed by atoms with E-state index in [1.807, 2.05) is 65.0 Å². The van der Waals surface area contributed by atoms with E-state index in [2.05, 4.69) is 4.90 Å². The van der Waals surface area contributed by atoms with E-state index in [0.29, 0.717) is 36.4 Å². The molecule has 43 heavy (non-hydrogen) atoms. The van der Waals surface area contributed by atoms with Gasteiger partial charge in [0, 0.05) is 33.1 Å². The van der Waals surface area contributed by atoms with E-state index in [-0.39, 0.29) is 43.0 Å². The number of piperazine rings is 1. The number of para-hydroxylation sites is 1. The number of imidazole rings is 1. The van der Waals surface area contributed by atoms with E-state index in [4.69, 9.17) is 9.47 Å². The number of imide groups is 1. The number of piperidine rings is 1. The SMILES string of the molecule is COc1ccc(CN2C(=O)CCC(n3c(=O)n(C)c4c(N5CCN(C(=O)OC(C)(C)C)C(C)(C)C5)cccc43)C2=O)cc1. The number of likely N-dealkylation sites (tertiary alicyclic amines) is 1. The molecule has 0 bridgehead atoms. The van der Waals surface area contributed by atoms with Crippen molar-refractivity contribution in [1.29, 1.82) is 0 Å². The highest BCUT2D eigenvalue weighted by atomic mass is 16.6. The normalized spacial score (nSPS) is 19.2. The molecule has 2 aliphatic heterocycles. The van der Waals surface area contributed by atoms with Crippen LogP contribution in [0.2, 0.25) is 0 Å². The van der Waals surface area contributed by atoms with Gasteiger partial charge in [-0.15, -0.1) is 0 Å². The molecule has 0 saturated carbocycles. The lowest BCUT2D eigenvalue weighted by Gasteiger charge is -2.47. The van der Waals surface area contributed by atoms with Gasteiger partial charge >= 0.3 is 11.8 Å². The molecule has 3 heterocycles. The molecule has 3 amide bonds. The number of nitrogens with zero attached hydrogens (tertiary/aromatic N) is 5. The Kier molecular flexibility index (Phi) is 7.79. The quantitative estimate of drug-likeness (QED) is 0.412. The third-order valence-electron chi connectivity index (χ3n) is 8.23. The predicted octanol–water partition coefficient (Wildman–Crippen LogP) is 4.07. The lowest BCUT2D eigenvalue weighted by Crippen LogP contribution is -2.61. The molecule has 230 valence electrons. The molecule has 0 spiro atoms. The van der Waals surface area contributed by atoms with Crippen LogP contribution in [0.25, 0.3) is 11.0 Å². The highest BCUT2D eigenvalue weighted by Gasteiger charge is 2.41. The second-order valence-electron chi connectivity index (χ2n) is 12.9. The summed E-state index contributed by atoms with van der Waals surface area (Å²) in [5, 5.41) is 0. The molecule has 2 saturated heterocycles. The number of hydrogen-bond donors (Lipinski definition) is 0. The summed E-state index contributed by atoms with van der Waals surface area (Å²) in [6, 6.07) is 12.1. The number of aryl methyl sites for hydroxylation is 1. The van der Waals surface area contributed by atoms with Gasteiger partial charge in [-0.3, -0.25) is 28.5 Å². The van der Waals surface area contributed by atoms with Crippen molar-refractivity contribution in [2.24, 2.45) is 7.05 Å². The van der Waals surface area contributed by atoms with Crippen molar-refractivity contribution >= 4 is 34.6 Å². The zero-order valence-corrected chi connectivity index (χ0v) is 26.0. The number of carbonyl (C=O) groups excluding carboxylic acids is 3. The monoisotopic (exact) mass is 591 g/mol. The lowest BCUT2D eigenvalue weighted by atomic mass is 9.98. The number of carbonyl (C=O) groups is 3. The third kappa shape index (κ3) is 5.72. The van der Waals surface area contributed by atoms with Crippen LogP contribution in [-0.4, -0.2) is 74.7 Å². The molecule has 0 aliphatic carbocycles. The van der Waals surface area contributed by atoms with Crippen molar-refractivity contribution in [3.8, 4) is 5.75 Å². The Morgan fingerprint density at radius 3 is 2.35 bits per heavy atom. The zero-order valence-electron chi connectivity index (χ0n) is 26.0. The van der Waals surface area contributed by atoms with Crippen LogP contribution < -0.4 is 15.3 Å². The number of ether oxygens (including phenoxy) is 2. The number of anilines is 1. The Bertz CT molecular complexity index is 1610. The van der Waals surface area contributed by atoms with Gasteiger partial charge in [0.2, 0.25) is 5.91 Å². The second kappa shape index (κ2) is 11.1. The fraction of sp³-hybridized carbons (Fsp3) is 0.500. The van der Waals surface area contributed by atoms with Crippen LogP contribution in [0.5, 0.6) is 5.75 Å². The van der Waals surface area contributed by atoms with Gasteiger partial charge in [-0.25, -0.2) is 9.59 Å². The number of rotatable bonds is 5. The topological polar surface area (TPSA) is 106 Å². The fourth-order valence-corrected chi connectivity index (χ4v) is 6.13. The standard InChI is InChI=1S/C32H41N5O6/c1-31(2,3)43-30(41)36-18-17-34(20-32(36,4)5)23-9-8-10-24-27(23)33(6)29(40)37(24)25-15-16-26(38)35(28(25)39)19-21-11-13-22(42-7)14-12-21/h8-14,25H,15-20H2,1-7H3. The summed E-state index contributed by atoms with van der Waals surface area (Å²) in [6.45, 7) is 11.2. The van der Waals surface area contributed by atoms with E-state index >= 15 is 0 Å². The summed E-state index contributed by atoms with van der Waals surface area (Å²) in [5.41, 5.74) is 1.54. The molecule has 0 N–H and O–H groups in total. The van der Waals surface area contributed by atoms with Crippen LogP contribution in [0.1, 0.15) is 59.1 Å². The van der Waals surface area contributed by atoms with Crippen molar-refractivity contribution in [2.75, 3.05) is 31.6 Å². The Labute approximate surface area is 251 Å². The minimum absolute atomic E-state index is 0.125. The van der Waals surface area contributed by atoms with Crippen LogP contribution in [0.4, 0.5) is 10.5 Å². The van der Waals surface area contributed by atoms with Gasteiger partial charge in [0.1, 0.15) is 17.4 Å².